The Balaban J connectivity index is 2.74. The molecule has 1 amide bonds. The SMILES string of the molecule is CCc1n[nH]c(=O)c(C(=O)NCCSCC(=O)O)c1CC. The Morgan fingerprint density at radius 2 is 2.05 bits per heavy atom. The van der Waals surface area contributed by atoms with Gasteiger partial charge in [-0.05, 0) is 18.4 Å². The largest absolute Gasteiger partial charge is 0.481 e. The first-order valence-electron chi connectivity index (χ1n) is 6.69. The maximum absolute atomic E-state index is 12.1. The van der Waals surface area contributed by atoms with Gasteiger partial charge < -0.3 is 10.4 Å². The Morgan fingerprint density at radius 3 is 2.62 bits per heavy atom. The third kappa shape index (κ3) is 4.89. The number of aromatic amines is 1. The van der Waals surface area contributed by atoms with Crippen molar-refractivity contribution >= 4 is 23.6 Å². The van der Waals surface area contributed by atoms with E-state index >= 15 is 0 Å². The monoisotopic (exact) mass is 313 g/mol. The minimum absolute atomic E-state index is 0.00803. The van der Waals surface area contributed by atoms with Gasteiger partial charge in [0.2, 0.25) is 0 Å². The summed E-state index contributed by atoms with van der Waals surface area (Å²) in [6.07, 6.45) is 1.19. The highest BCUT2D eigenvalue weighted by Gasteiger charge is 2.18. The third-order valence-corrected chi connectivity index (χ3v) is 3.79. The first-order valence-corrected chi connectivity index (χ1v) is 7.84. The number of thioether (sulfide) groups is 1. The standard InChI is InChI=1S/C13H19N3O4S/c1-3-8-9(4-2)15-16-13(20)11(8)12(19)14-5-6-21-7-10(17)18/h3-7H2,1-2H3,(H,14,19)(H,16,20)(H,17,18). The number of hydrogen-bond acceptors (Lipinski definition) is 5. The smallest absolute Gasteiger partial charge is 0.313 e. The number of carbonyl (C=O) groups excluding carboxylic acids is 1. The summed E-state index contributed by atoms with van der Waals surface area (Å²) >= 11 is 1.21. The van der Waals surface area contributed by atoms with E-state index in [1.807, 2.05) is 13.8 Å². The number of carboxylic acid groups (broad SMARTS) is 1. The van der Waals surface area contributed by atoms with Gasteiger partial charge in [0, 0.05) is 12.3 Å². The van der Waals surface area contributed by atoms with Crippen molar-refractivity contribution in [3.63, 3.8) is 0 Å². The summed E-state index contributed by atoms with van der Waals surface area (Å²) in [4.78, 5) is 34.3. The Hall–Kier alpha value is -1.83. The Kier molecular flexibility index (Phi) is 6.93. The third-order valence-electron chi connectivity index (χ3n) is 2.84. The van der Waals surface area contributed by atoms with E-state index in [1.54, 1.807) is 0 Å². The van der Waals surface area contributed by atoms with Crippen LogP contribution >= 0.6 is 11.8 Å². The zero-order valence-corrected chi connectivity index (χ0v) is 12.9. The fourth-order valence-corrected chi connectivity index (χ4v) is 2.49. The van der Waals surface area contributed by atoms with Crippen LogP contribution < -0.4 is 10.9 Å². The molecule has 0 saturated heterocycles. The second-order valence-corrected chi connectivity index (χ2v) is 5.37. The van der Waals surface area contributed by atoms with Crippen molar-refractivity contribution in [2.75, 3.05) is 18.1 Å². The number of carboxylic acids is 1. The molecule has 0 aliphatic rings. The van der Waals surface area contributed by atoms with E-state index in [9.17, 15) is 14.4 Å². The van der Waals surface area contributed by atoms with Gasteiger partial charge in [0.15, 0.2) is 0 Å². The van der Waals surface area contributed by atoms with Crippen molar-refractivity contribution in [1.82, 2.24) is 15.5 Å². The summed E-state index contributed by atoms with van der Waals surface area (Å²) < 4.78 is 0. The van der Waals surface area contributed by atoms with Gasteiger partial charge in [-0.3, -0.25) is 14.4 Å². The molecule has 1 aromatic heterocycles. The Bertz CT molecular complexity index is 571. The highest BCUT2D eigenvalue weighted by molar-refractivity contribution is 7.99. The van der Waals surface area contributed by atoms with E-state index in [2.05, 4.69) is 15.5 Å². The van der Waals surface area contributed by atoms with Crippen LogP contribution in [0.15, 0.2) is 4.79 Å². The number of aliphatic carboxylic acids is 1. The maximum atomic E-state index is 12.1. The number of nitrogens with zero attached hydrogens (tertiary/aromatic N) is 1. The highest BCUT2D eigenvalue weighted by Crippen LogP contribution is 2.10. The van der Waals surface area contributed by atoms with Crippen molar-refractivity contribution in [3.8, 4) is 0 Å². The molecule has 0 saturated carbocycles. The summed E-state index contributed by atoms with van der Waals surface area (Å²) in [6.45, 7) is 4.09. The van der Waals surface area contributed by atoms with Crippen LogP contribution in [-0.4, -0.2) is 45.2 Å². The molecule has 0 aromatic carbocycles. The predicted octanol–water partition coefficient (Wildman–Crippen LogP) is 0.442. The zero-order valence-electron chi connectivity index (χ0n) is 12.1. The lowest BCUT2D eigenvalue weighted by molar-refractivity contribution is -0.133. The van der Waals surface area contributed by atoms with E-state index in [4.69, 9.17) is 5.11 Å². The van der Waals surface area contributed by atoms with E-state index < -0.39 is 17.4 Å². The number of hydrogen-bond donors (Lipinski definition) is 3. The van der Waals surface area contributed by atoms with Crippen LogP contribution in [0, 0.1) is 0 Å². The number of aryl methyl sites for hydroxylation is 1. The van der Waals surface area contributed by atoms with Gasteiger partial charge in [-0.25, -0.2) is 5.10 Å². The minimum Gasteiger partial charge on any atom is -0.481 e. The van der Waals surface area contributed by atoms with E-state index in [1.165, 1.54) is 11.8 Å². The normalized spacial score (nSPS) is 10.4. The second kappa shape index (κ2) is 8.46. The molecule has 0 radical (unpaired) electrons. The van der Waals surface area contributed by atoms with E-state index in [0.29, 0.717) is 36.4 Å². The molecule has 8 heteroatoms. The predicted molar refractivity (Wildman–Crippen MR) is 80.9 cm³/mol. The van der Waals surface area contributed by atoms with Gasteiger partial charge in [0.25, 0.3) is 11.5 Å². The van der Waals surface area contributed by atoms with Crippen LogP contribution in [0.1, 0.15) is 35.5 Å². The van der Waals surface area contributed by atoms with Crippen LogP contribution in [0.4, 0.5) is 0 Å². The maximum Gasteiger partial charge on any atom is 0.313 e. The molecular weight excluding hydrogens is 294 g/mol. The van der Waals surface area contributed by atoms with Crippen LogP contribution in [0.5, 0.6) is 0 Å². The molecule has 21 heavy (non-hydrogen) atoms. The quantitative estimate of drug-likeness (QED) is 0.600. The minimum atomic E-state index is -0.891. The van der Waals surface area contributed by atoms with Gasteiger partial charge in [0.1, 0.15) is 5.56 Å². The molecule has 0 fully saturated rings. The average molecular weight is 313 g/mol. The first kappa shape index (κ1) is 17.2. The molecule has 1 aromatic rings. The average Bonchev–Trinajstić information content (AvgIpc) is 2.45. The lowest BCUT2D eigenvalue weighted by Crippen LogP contribution is -2.33. The summed E-state index contributed by atoms with van der Waals surface area (Å²) in [6, 6.07) is 0. The molecule has 3 N–H and O–H groups in total. The lowest BCUT2D eigenvalue weighted by Gasteiger charge is -2.10. The Morgan fingerprint density at radius 1 is 1.33 bits per heavy atom. The summed E-state index contributed by atoms with van der Waals surface area (Å²) in [5.41, 5.74) is 0.978. The molecule has 0 aliphatic carbocycles. The fraction of sp³-hybridized carbons (Fsp3) is 0.538. The van der Waals surface area contributed by atoms with Gasteiger partial charge in [-0.15, -0.1) is 11.8 Å². The zero-order chi connectivity index (χ0) is 15.8. The number of carbonyl (C=O) groups is 2. The summed E-state index contributed by atoms with van der Waals surface area (Å²) in [7, 11) is 0. The number of H-pyrrole nitrogens is 1. The summed E-state index contributed by atoms with van der Waals surface area (Å²) in [5, 5.41) is 17.4. The van der Waals surface area contributed by atoms with Crippen LogP contribution in [-0.2, 0) is 17.6 Å². The number of rotatable bonds is 8. The molecule has 0 unspecified atom stereocenters. The molecule has 0 bridgehead atoms. The molecule has 7 nitrogen and oxygen atoms in total. The fourth-order valence-electron chi connectivity index (χ4n) is 1.92. The van der Waals surface area contributed by atoms with E-state index in [-0.39, 0.29) is 11.3 Å². The number of amides is 1. The van der Waals surface area contributed by atoms with Crippen molar-refractivity contribution in [3.05, 3.63) is 27.2 Å². The van der Waals surface area contributed by atoms with Crippen molar-refractivity contribution < 1.29 is 14.7 Å². The van der Waals surface area contributed by atoms with Crippen LogP contribution in [0.25, 0.3) is 0 Å². The lowest BCUT2D eigenvalue weighted by atomic mass is 10.0. The van der Waals surface area contributed by atoms with Gasteiger partial charge in [-0.1, -0.05) is 13.8 Å². The van der Waals surface area contributed by atoms with Crippen molar-refractivity contribution in [2.45, 2.75) is 26.7 Å². The van der Waals surface area contributed by atoms with Gasteiger partial charge in [0.05, 0.1) is 11.4 Å². The van der Waals surface area contributed by atoms with Gasteiger partial charge in [-0.2, -0.15) is 5.10 Å². The molecule has 0 aliphatic heterocycles. The molecular formula is C13H19N3O4S. The van der Waals surface area contributed by atoms with Crippen LogP contribution in [0.3, 0.4) is 0 Å². The van der Waals surface area contributed by atoms with E-state index in [0.717, 1.165) is 0 Å². The number of aromatic nitrogens is 2. The summed E-state index contributed by atoms with van der Waals surface area (Å²) in [5.74, 6) is -0.867. The topological polar surface area (TPSA) is 112 Å². The van der Waals surface area contributed by atoms with Gasteiger partial charge >= 0.3 is 5.97 Å². The molecule has 0 atom stereocenters. The van der Waals surface area contributed by atoms with Crippen LogP contribution in [0.2, 0.25) is 0 Å². The first-order chi connectivity index (χ1) is 10.0. The van der Waals surface area contributed by atoms with Crippen molar-refractivity contribution in [2.24, 2.45) is 0 Å². The molecule has 1 rings (SSSR count). The highest BCUT2D eigenvalue weighted by atomic mass is 32.2. The molecule has 1 heterocycles. The Labute approximate surface area is 126 Å². The second-order valence-electron chi connectivity index (χ2n) is 4.26. The molecule has 116 valence electrons. The van der Waals surface area contributed by atoms with Crippen molar-refractivity contribution in [1.29, 1.82) is 0 Å². The number of nitrogens with one attached hydrogen (secondary N) is 2. The molecule has 0 spiro atoms.